The number of hydrogen-bond donors (Lipinski definition) is 1. The zero-order valence-electron chi connectivity index (χ0n) is 11.7. The van der Waals surface area contributed by atoms with Gasteiger partial charge in [0.25, 0.3) is 0 Å². The van der Waals surface area contributed by atoms with Gasteiger partial charge in [-0.2, -0.15) is 0 Å². The maximum atomic E-state index is 12.4. The molecule has 1 atom stereocenters. The molecule has 0 bridgehead atoms. The maximum absolute atomic E-state index is 12.4. The molecule has 0 aromatic heterocycles. The van der Waals surface area contributed by atoms with E-state index in [0.717, 1.165) is 30.4 Å². The third-order valence-electron chi connectivity index (χ3n) is 3.89. The van der Waals surface area contributed by atoms with Gasteiger partial charge in [-0.25, -0.2) is 13.1 Å². The predicted octanol–water partition coefficient (Wildman–Crippen LogP) is 3.16. The molecule has 1 unspecified atom stereocenters. The van der Waals surface area contributed by atoms with E-state index < -0.39 is 15.6 Å². The first kappa shape index (κ1) is 14.3. The number of nitrogens with one attached hydrogen (secondary N) is 1. The average molecular weight is 279 g/mol. The van der Waals surface area contributed by atoms with Gasteiger partial charge >= 0.3 is 0 Å². The molecule has 1 aliphatic rings. The first-order chi connectivity index (χ1) is 8.83. The van der Waals surface area contributed by atoms with Crippen LogP contribution in [0.5, 0.6) is 0 Å². The van der Waals surface area contributed by atoms with Crippen molar-refractivity contribution in [1.29, 1.82) is 0 Å². The normalized spacial score (nSPS) is 24.1. The molecule has 0 radical (unpaired) electrons. The molecule has 4 heteroatoms. The molecule has 1 aromatic carbocycles. The molecule has 3 nitrogen and oxygen atoms in total. The summed E-state index contributed by atoms with van der Waals surface area (Å²) in [6, 6.07) is 6.95. The molecule has 1 N–H and O–H groups in total. The number of aryl methyl sites for hydroxylation is 1. The third-order valence-corrected chi connectivity index (χ3v) is 5.50. The first-order valence-corrected chi connectivity index (χ1v) is 8.10. The van der Waals surface area contributed by atoms with Crippen molar-refractivity contribution in [2.75, 3.05) is 0 Å². The molecule has 0 saturated carbocycles. The van der Waals surface area contributed by atoms with Gasteiger partial charge in [-0.05, 0) is 52.2 Å². The van der Waals surface area contributed by atoms with Crippen LogP contribution in [0.2, 0.25) is 0 Å². The quantitative estimate of drug-likeness (QED) is 0.864. The van der Waals surface area contributed by atoms with Gasteiger partial charge in [0.15, 0.2) is 0 Å². The summed E-state index contributed by atoms with van der Waals surface area (Å²) in [5.74, 6) is 0. The van der Waals surface area contributed by atoms with Crippen LogP contribution in [0.1, 0.15) is 38.7 Å². The molecule has 0 fully saturated rings. The Morgan fingerprint density at radius 3 is 2.37 bits per heavy atom. The monoisotopic (exact) mass is 279 g/mol. The highest BCUT2D eigenvalue weighted by molar-refractivity contribution is 7.89. The minimum Gasteiger partial charge on any atom is -0.207 e. The van der Waals surface area contributed by atoms with E-state index in [0.29, 0.717) is 4.90 Å². The number of sulfonamides is 1. The van der Waals surface area contributed by atoms with Crippen LogP contribution in [-0.4, -0.2) is 14.0 Å². The molecule has 0 spiro atoms. The molecule has 1 aliphatic carbocycles. The van der Waals surface area contributed by atoms with E-state index >= 15 is 0 Å². The maximum Gasteiger partial charge on any atom is 0.241 e. The lowest BCUT2D eigenvalue weighted by Crippen LogP contribution is -2.47. The minimum atomic E-state index is -3.46. The SMILES string of the molecule is CC1=CCCCC1(C)NS(=O)(=O)c1ccc(C)cc1. The van der Waals surface area contributed by atoms with Crippen LogP contribution < -0.4 is 4.72 Å². The second-order valence-corrected chi connectivity index (χ2v) is 7.21. The van der Waals surface area contributed by atoms with E-state index in [1.165, 1.54) is 0 Å². The van der Waals surface area contributed by atoms with Crippen molar-refractivity contribution in [1.82, 2.24) is 4.72 Å². The summed E-state index contributed by atoms with van der Waals surface area (Å²) in [6.07, 6.45) is 5.03. The molecule has 104 valence electrons. The standard InChI is InChI=1S/C15H21NO2S/c1-12-7-9-14(10-8-12)19(17,18)16-15(3)11-5-4-6-13(15)2/h6-10,16H,4-5,11H2,1-3H3. The zero-order valence-corrected chi connectivity index (χ0v) is 12.5. The molecule has 0 saturated heterocycles. The second kappa shape index (κ2) is 5.10. The lowest BCUT2D eigenvalue weighted by atomic mass is 9.84. The molecule has 0 heterocycles. The van der Waals surface area contributed by atoms with E-state index in [4.69, 9.17) is 0 Å². The van der Waals surface area contributed by atoms with E-state index in [2.05, 4.69) is 10.8 Å². The van der Waals surface area contributed by atoms with Gasteiger partial charge in [0, 0.05) is 0 Å². The van der Waals surface area contributed by atoms with E-state index in [1.807, 2.05) is 32.9 Å². The van der Waals surface area contributed by atoms with E-state index in [9.17, 15) is 8.42 Å². The second-order valence-electron chi connectivity index (χ2n) is 5.53. The highest BCUT2D eigenvalue weighted by Gasteiger charge is 2.33. The Balaban J connectivity index is 2.29. The minimum absolute atomic E-state index is 0.331. The van der Waals surface area contributed by atoms with E-state index in [-0.39, 0.29) is 0 Å². The van der Waals surface area contributed by atoms with Crippen molar-refractivity contribution < 1.29 is 8.42 Å². The van der Waals surface area contributed by atoms with Crippen LogP contribution in [-0.2, 0) is 10.0 Å². The van der Waals surface area contributed by atoms with Crippen molar-refractivity contribution >= 4 is 10.0 Å². The summed E-state index contributed by atoms with van der Waals surface area (Å²) >= 11 is 0. The molecule has 2 rings (SSSR count). The number of benzene rings is 1. The van der Waals surface area contributed by atoms with Gasteiger partial charge in [-0.3, -0.25) is 0 Å². The topological polar surface area (TPSA) is 46.2 Å². The Labute approximate surface area is 115 Å². The Morgan fingerprint density at radius 2 is 1.79 bits per heavy atom. The summed E-state index contributed by atoms with van der Waals surface area (Å²) in [6.45, 7) is 5.90. The van der Waals surface area contributed by atoms with Crippen LogP contribution in [0.15, 0.2) is 40.8 Å². The fourth-order valence-corrected chi connectivity index (χ4v) is 3.87. The first-order valence-electron chi connectivity index (χ1n) is 6.61. The summed E-state index contributed by atoms with van der Waals surface area (Å²) in [4.78, 5) is 0.331. The van der Waals surface area contributed by atoms with Crippen LogP contribution >= 0.6 is 0 Å². The fraction of sp³-hybridized carbons (Fsp3) is 0.467. The van der Waals surface area contributed by atoms with Crippen LogP contribution in [0.4, 0.5) is 0 Å². The molecular formula is C15H21NO2S. The Bertz CT molecular complexity index is 587. The van der Waals surface area contributed by atoms with Crippen molar-refractivity contribution in [3.05, 3.63) is 41.5 Å². The van der Waals surface area contributed by atoms with Gasteiger partial charge in [0.2, 0.25) is 10.0 Å². The number of rotatable bonds is 3. The van der Waals surface area contributed by atoms with Crippen molar-refractivity contribution in [2.45, 2.75) is 50.5 Å². The summed E-state index contributed by atoms with van der Waals surface area (Å²) < 4.78 is 27.7. The molecular weight excluding hydrogens is 258 g/mol. The van der Waals surface area contributed by atoms with Crippen molar-refractivity contribution in [3.8, 4) is 0 Å². The smallest absolute Gasteiger partial charge is 0.207 e. The van der Waals surface area contributed by atoms with Crippen LogP contribution in [0.3, 0.4) is 0 Å². The molecule has 0 aliphatic heterocycles. The van der Waals surface area contributed by atoms with Crippen molar-refractivity contribution in [3.63, 3.8) is 0 Å². The van der Waals surface area contributed by atoms with Gasteiger partial charge in [-0.1, -0.05) is 29.3 Å². The molecule has 1 aromatic rings. The highest BCUT2D eigenvalue weighted by Crippen LogP contribution is 2.30. The number of allylic oxidation sites excluding steroid dienone is 1. The average Bonchev–Trinajstić information content (AvgIpc) is 2.33. The number of hydrogen-bond acceptors (Lipinski definition) is 2. The van der Waals surface area contributed by atoms with Gasteiger partial charge in [-0.15, -0.1) is 0 Å². The highest BCUT2D eigenvalue weighted by atomic mass is 32.2. The Morgan fingerprint density at radius 1 is 1.16 bits per heavy atom. The summed E-state index contributed by atoms with van der Waals surface area (Å²) in [5.41, 5.74) is 1.70. The largest absolute Gasteiger partial charge is 0.241 e. The predicted molar refractivity (Wildman–Crippen MR) is 77.5 cm³/mol. The lowest BCUT2D eigenvalue weighted by molar-refractivity contribution is 0.416. The van der Waals surface area contributed by atoms with Crippen molar-refractivity contribution in [2.24, 2.45) is 0 Å². The fourth-order valence-electron chi connectivity index (χ4n) is 2.40. The van der Waals surface area contributed by atoms with E-state index in [1.54, 1.807) is 12.1 Å². The van der Waals surface area contributed by atoms with Gasteiger partial charge < -0.3 is 0 Å². The Hall–Kier alpha value is -1.13. The van der Waals surface area contributed by atoms with Crippen LogP contribution in [0.25, 0.3) is 0 Å². The zero-order chi connectivity index (χ0) is 14.1. The summed E-state index contributed by atoms with van der Waals surface area (Å²) in [5, 5.41) is 0. The van der Waals surface area contributed by atoms with Crippen LogP contribution in [0, 0.1) is 6.92 Å². The molecule has 19 heavy (non-hydrogen) atoms. The lowest BCUT2D eigenvalue weighted by Gasteiger charge is -2.34. The molecule has 0 amide bonds. The Kier molecular flexibility index (Phi) is 3.83. The summed E-state index contributed by atoms with van der Waals surface area (Å²) in [7, 11) is -3.46. The third kappa shape index (κ3) is 3.07. The van der Waals surface area contributed by atoms with Gasteiger partial charge in [0.1, 0.15) is 0 Å². The van der Waals surface area contributed by atoms with Gasteiger partial charge in [0.05, 0.1) is 10.4 Å².